The van der Waals surface area contributed by atoms with Crippen molar-refractivity contribution < 1.29 is 18.0 Å². The second-order valence-corrected chi connectivity index (χ2v) is 8.39. The van der Waals surface area contributed by atoms with Crippen molar-refractivity contribution in [1.82, 2.24) is 9.80 Å². The molecule has 0 N–H and O–H groups in total. The quantitative estimate of drug-likeness (QED) is 0.709. The van der Waals surface area contributed by atoms with Gasteiger partial charge in [0.1, 0.15) is 6.04 Å². The van der Waals surface area contributed by atoms with Crippen LogP contribution in [0.15, 0.2) is 24.3 Å². The molecule has 3 aliphatic heterocycles. The van der Waals surface area contributed by atoms with E-state index in [1.54, 1.807) is 4.90 Å². The van der Waals surface area contributed by atoms with Gasteiger partial charge in [-0.3, -0.25) is 9.69 Å². The number of urea groups is 1. The number of nitrogens with zero attached hydrogens (tertiary/aromatic N) is 2. The maximum atomic E-state index is 12.6. The normalized spacial score (nSPS) is 29.6. The molecule has 116 valence electrons. The highest BCUT2D eigenvalue weighted by atomic mass is 32.2. The standard InChI is InChI=1S/C15H16N2O4S/c18-14-13-7-10-3-1-2-4-11(10)8-16(13)15(19)17(14)12-5-6-22(20,21)9-12/h1-4,12-13H,5-9H2/t12-,13-/m0/s1. The zero-order valence-corrected chi connectivity index (χ0v) is 12.8. The molecule has 2 atom stereocenters. The predicted molar refractivity (Wildman–Crippen MR) is 78.8 cm³/mol. The fourth-order valence-electron chi connectivity index (χ4n) is 3.65. The first-order valence-electron chi connectivity index (χ1n) is 7.37. The van der Waals surface area contributed by atoms with Crippen molar-refractivity contribution in [3.8, 4) is 0 Å². The third kappa shape index (κ3) is 1.95. The molecule has 0 unspecified atom stereocenters. The van der Waals surface area contributed by atoms with Gasteiger partial charge in [-0.1, -0.05) is 24.3 Å². The van der Waals surface area contributed by atoms with Crippen LogP contribution in [-0.4, -0.2) is 53.7 Å². The highest BCUT2D eigenvalue weighted by molar-refractivity contribution is 7.91. The van der Waals surface area contributed by atoms with Crippen LogP contribution in [0.25, 0.3) is 0 Å². The third-order valence-electron chi connectivity index (χ3n) is 4.80. The molecule has 3 amide bonds. The number of benzene rings is 1. The van der Waals surface area contributed by atoms with Crippen LogP contribution in [0.5, 0.6) is 0 Å². The highest BCUT2D eigenvalue weighted by Crippen LogP contribution is 2.33. The van der Waals surface area contributed by atoms with Crippen LogP contribution in [0.1, 0.15) is 17.5 Å². The van der Waals surface area contributed by atoms with Gasteiger partial charge in [-0.15, -0.1) is 0 Å². The first-order chi connectivity index (χ1) is 10.5. The Balaban J connectivity index is 1.65. The Kier molecular flexibility index (Phi) is 2.84. The molecule has 0 bridgehead atoms. The summed E-state index contributed by atoms with van der Waals surface area (Å²) in [6.07, 6.45) is 0.865. The smallest absolute Gasteiger partial charge is 0.308 e. The average Bonchev–Trinajstić information content (AvgIpc) is 2.95. The minimum Gasteiger partial charge on any atom is -0.308 e. The predicted octanol–water partition coefficient (Wildman–Crippen LogP) is 0.563. The van der Waals surface area contributed by atoms with E-state index in [9.17, 15) is 18.0 Å². The maximum absolute atomic E-state index is 12.6. The monoisotopic (exact) mass is 320 g/mol. The lowest BCUT2D eigenvalue weighted by atomic mass is 9.95. The molecule has 1 aromatic carbocycles. The molecule has 2 fully saturated rings. The summed E-state index contributed by atoms with van der Waals surface area (Å²) in [6, 6.07) is 6.47. The zero-order chi connectivity index (χ0) is 15.5. The molecule has 3 heterocycles. The van der Waals surface area contributed by atoms with Crippen molar-refractivity contribution in [1.29, 1.82) is 0 Å². The van der Waals surface area contributed by atoms with Crippen LogP contribution in [0.4, 0.5) is 4.79 Å². The molecule has 0 spiro atoms. The fraction of sp³-hybridized carbons (Fsp3) is 0.467. The van der Waals surface area contributed by atoms with Gasteiger partial charge >= 0.3 is 6.03 Å². The summed E-state index contributed by atoms with van der Waals surface area (Å²) in [5.74, 6) is -0.293. The van der Waals surface area contributed by atoms with Crippen LogP contribution in [-0.2, 0) is 27.6 Å². The van der Waals surface area contributed by atoms with Gasteiger partial charge in [0.2, 0.25) is 0 Å². The fourth-order valence-corrected chi connectivity index (χ4v) is 5.35. The van der Waals surface area contributed by atoms with Crippen LogP contribution in [0.2, 0.25) is 0 Å². The number of hydrogen-bond donors (Lipinski definition) is 0. The number of rotatable bonds is 1. The Morgan fingerprint density at radius 1 is 1.09 bits per heavy atom. The average molecular weight is 320 g/mol. The van der Waals surface area contributed by atoms with Gasteiger partial charge in [0.05, 0.1) is 17.5 Å². The molecule has 6 nitrogen and oxygen atoms in total. The summed E-state index contributed by atoms with van der Waals surface area (Å²) in [7, 11) is -3.13. The van der Waals surface area contributed by atoms with Gasteiger partial charge in [0, 0.05) is 13.0 Å². The second-order valence-electron chi connectivity index (χ2n) is 6.16. The summed E-state index contributed by atoms with van der Waals surface area (Å²) in [4.78, 5) is 28.0. The van der Waals surface area contributed by atoms with Gasteiger partial charge in [0.15, 0.2) is 9.84 Å². The minimum atomic E-state index is -3.13. The molecule has 3 aliphatic rings. The Morgan fingerprint density at radius 3 is 2.50 bits per heavy atom. The number of sulfone groups is 1. The Morgan fingerprint density at radius 2 is 1.82 bits per heavy atom. The molecule has 22 heavy (non-hydrogen) atoms. The second kappa shape index (κ2) is 4.55. The highest BCUT2D eigenvalue weighted by Gasteiger charge is 2.51. The summed E-state index contributed by atoms with van der Waals surface area (Å²) in [6.45, 7) is 0.418. The van der Waals surface area contributed by atoms with Crippen molar-refractivity contribution in [2.24, 2.45) is 0 Å². The summed E-state index contributed by atoms with van der Waals surface area (Å²) in [5, 5.41) is 0. The lowest BCUT2D eigenvalue weighted by molar-refractivity contribution is -0.129. The number of carbonyl (C=O) groups excluding carboxylic acids is 2. The topological polar surface area (TPSA) is 74.8 Å². The molecular formula is C15H16N2O4S. The first kappa shape index (κ1) is 13.8. The van der Waals surface area contributed by atoms with Crippen LogP contribution in [0, 0.1) is 0 Å². The lowest BCUT2D eigenvalue weighted by Gasteiger charge is -2.28. The van der Waals surface area contributed by atoms with Gasteiger partial charge in [-0.2, -0.15) is 0 Å². The van der Waals surface area contributed by atoms with E-state index in [0.29, 0.717) is 19.4 Å². The first-order valence-corrected chi connectivity index (χ1v) is 9.19. The summed E-state index contributed by atoms with van der Waals surface area (Å²) in [5.41, 5.74) is 2.14. The van der Waals surface area contributed by atoms with E-state index in [1.165, 1.54) is 4.90 Å². The Hall–Kier alpha value is -1.89. The molecule has 4 rings (SSSR count). The van der Waals surface area contributed by atoms with Crippen LogP contribution >= 0.6 is 0 Å². The Bertz CT molecular complexity index is 731. The summed E-state index contributed by atoms with van der Waals surface area (Å²) >= 11 is 0. The zero-order valence-electron chi connectivity index (χ0n) is 11.9. The SMILES string of the molecule is O=C1[C@@H]2Cc3ccccc3CN2C(=O)N1[C@H]1CCS(=O)(=O)C1. The number of carbonyl (C=O) groups is 2. The molecule has 0 aromatic heterocycles. The van der Waals surface area contributed by atoms with Crippen LogP contribution < -0.4 is 0 Å². The largest absolute Gasteiger partial charge is 0.328 e. The molecular weight excluding hydrogens is 304 g/mol. The van der Waals surface area contributed by atoms with Crippen molar-refractivity contribution in [3.63, 3.8) is 0 Å². The van der Waals surface area contributed by atoms with E-state index in [2.05, 4.69) is 0 Å². The number of hydrogen-bond acceptors (Lipinski definition) is 4. The van der Waals surface area contributed by atoms with E-state index < -0.39 is 21.9 Å². The molecule has 0 radical (unpaired) electrons. The van der Waals surface area contributed by atoms with Gasteiger partial charge in [-0.25, -0.2) is 13.2 Å². The number of amides is 3. The Labute approximate surface area is 128 Å². The minimum absolute atomic E-state index is 0.0552. The van der Waals surface area contributed by atoms with Gasteiger partial charge < -0.3 is 4.90 Å². The van der Waals surface area contributed by atoms with Crippen molar-refractivity contribution >= 4 is 21.8 Å². The van der Waals surface area contributed by atoms with E-state index in [-0.39, 0.29) is 23.4 Å². The molecule has 0 aliphatic carbocycles. The third-order valence-corrected chi connectivity index (χ3v) is 6.55. The van der Waals surface area contributed by atoms with E-state index in [4.69, 9.17) is 0 Å². The molecule has 1 aromatic rings. The number of imide groups is 1. The van der Waals surface area contributed by atoms with Gasteiger partial charge in [-0.05, 0) is 17.5 Å². The van der Waals surface area contributed by atoms with Crippen molar-refractivity contribution in [3.05, 3.63) is 35.4 Å². The molecule has 0 saturated carbocycles. The van der Waals surface area contributed by atoms with E-state index >= 15 is 0 Å². The summed E-state index contributed by atoms with van der Waals surface area (Å²) < 4.78 is 23.3. The van der Waals surface area contributed by atoms with Crippen molar-refractivity contribution in [2.75, 3.05) is 11.5 Å². The van der Waals surface area contributed by atoms with E-state index in [1.807, 2.05) is 24.3 Å². The molecule has 7 heteroatoms. The van der Waals surface area contributed by atoms with Crippen LogP contribution in [0.3, 0.4) is 0 Å². The van der Waals surface area contributed by atoms with Crippen molar-refractivity contribution in [2.45, 2.75) is 31.5 Å². The number of fused-ring (bicyclic) bond motifs is 2. The van der Waals surface area contributed by atoms with E-state index in [0.717, 1.165) is 11.1 Å². The lowest BCUT2D eigenvalue weighted by Crippen LogP contribution is -2.41. The maximum Gasteiger partial charge on any atom is 0.328 e. The molecule has 2 saturated heterocycles. The van der Waals surface area contributed by atoms with Gasteiger partial charge in [0.25, 0.3) is 5.91 Å².